The van der Waals surface area contributed by atoms with Crippen LogP contribution < -0.4 is 10.9 Å². The van der Waals surface area contributed by atoms with Crippen LogP contribution in [0.2, 0.25) is 0 Å². The molecule has 0 saturated carbocycles. The summed E-state index contributed by atoms with van der Waals surface area (Å²) in [6.07, 6.45) is 3.20. The molecule has 0 unspecified atom stereocenters. The smallest absolute Gasteiger partial charge is 0.261 e. The van der Waals surface area contributed by atoms with E-state index in [4.69, 9.17) is 0 Å². The molecule has 1 aromatic heterocycles. The average molecular weight is 287 g/mol. The number of amides is 1. The Morgan fingerprint density at radius 3 is 2.71 bits per heavy atom. The molecule has 1 aromatic carbocycles. The van der Waals surface area contributed by atoms with Crippen molar-refractivity contribution in [2.24, 2.45) is 0 Å². The van der Waals surface area contributed by atoms with Gasteiger partial charge in [0, 0.05) is 6.04 Å². The van der Waals surface area contributed by atoms with E-state index in [9.17, 15) is 9.59 Å². The van der Waals surface area contributed by atoms with Crippen LogP contribution >= 0.6 is 0 Å². The van der Waals surface area contributed by atoms with E-state index in [-0.39, 0.29) is 24.1 Å². The van der Waals surface area contributed by atoms with Crippen LogP contribution in [0.3, 0.4) is 0 Å². The molecular formula is C16H21N3O2. The van der Waals surface area contributed by atoms with Crippen molar-refractivity contribution in [2.45, 2.75) is 46.2 Å². The van der Waals surface area contributed by atoms with Gasteiger partial charge in [-0.25, -0.2) is 4.98 Å². The van der Waals surface area contributed by atoms with Crippen molar-refractivity contribution in [1.29, 1.82) is 0 Å². The van der Waals surface area contributed by atoms with Gasteiger partial charge in [-0.2, -0.15) is 0 Å². The number of aromatic nitrogens is 2. The number of rotatable bonds is 5. The summed E-state index contributed by atoms with van der Waals surface area (Å²) < 4.78 is 1.36. The first-order valence-electron chi connectivity index (χ1n) is 7.30. The zero-order valence-corrected chi connectivity index (χ0v) is 12.7. The van der Waals surface area contributed by atoms with Gasteiger partial charge in [0.05, 0.1) is 17.2 Å². The minimum absolute atomic E-state index is 0.00617. The molecule has 1 heterocycles. The molecular weight excluding hydrogens is 266 g/mol. The lowest BCUT2D eigenvalue weighted by molar-refractivity contribution is -0.122. The molecule has 0 aliphatic rings. The van der Waals surface area contributed by atoms with Gasteiger partial charge in [-0.1, -0.05) is 25.5 Å². The van der Waals surface area contributed by atoms with E-state index in [2.05, 4.69) is 10.3 Å². The monoisotopic (exact) mass is 287 g/mol. The predicted octanol–water partition coefficient (Wildman–Crippen LogP) is 2.01. The first kappa shape index (κ1) is 15.2. The minimum atomic E-state index is -0.177. The van der Waals surface area contributed by atoms with Crippen LogP contribution in [-0.4, -0.2) is 21.5 Å². The molecule has 0 bridgehead atoms. The molecule has 5 heteroatoms. The number of hydrogen-bond donors (Lipinski definition) is 1. The SMILES string of the molecule is CCC(CC)NC(=O)Cn1cnc2ccc(C)cc2c1=O. The molecule has 21 heavy (non-hydrogen) atoms. The number of hydrogen-bond acceptors (Lipinski definition) is 3. The fourth-order valence-corrected chi connectivity index (χ4v) is 2.31. The van der Waals surface area contributed by atoms with E-state index in [1.807, 2.05) is 32.9 Å². The normalized spacial score (nSPS) is 11.0. The third kappa shape index (κ3) is 3.48. The van der Waals surface area contributed by atoms with E-state index in [0.29, 0.717) is 10.9 Å². The number of carbonyl (C=O) groups excluding carboxylic acids is 1. The third-order valence-corrected chi connectivity index (χ3v) is 3.64. The highest BCUT2D eigenvalue weighted by Crippen LogP contribution is 2.08. The summed E-state index contributed by atoms with van der Waals surface area (Å²) in [7, 11) is 0. The Kier molecular flexibility index (Phi) is 4.73. The Morgan fingerprint density at radius 2 is 2.05 bits per heavy atom. The molecule has 2 aromatic rings. The van der Waals surface area contributed by atoms with Gasteiger partial charge in [0.1, 0.15) is 6.54 Å². The summed E-state index contributed by atoms with van der Waals surface area (Å²) in [6.45, 7) is 5.99. The van der Waals surface area contributed by atoms with Gasteiger partial charge >= 0.3 is 0 Å². The fraction of sp³-hybridized carbons (Fsp3) is 0.438. The van der Waals surface area contributed by atoms with Crippen molar-refractivity contribution in [3.8, 4) is 0 Å². The van der Waals surface area contributed by atoms with Crippen LogP contribution in [0.4, 0.5) is 0 Å². The van der Waals surface area contributed by atoms with Gasteiger partial charge in [0.15, 0.2) is 0 Å². The summed E-state index contributed by atoms with van der Waals surface area (Å²) in [5.74, 6) is -0.153. The third-order valence-electron chi connectivity index (χ3n) is 3.64. The molecule has 1 N–H and O–H groups in total. The summed E-state index contributed by atoms with van der Waals surface area (Å²) in [6, 6.07) is 5.70. The van der Waals surface area contributed by atoms with E-state index in [0.717, 1.165) is 18.4 Å². The van der Waals surface area contributed by atoms with Crippen molar-refractivity contribution >= 4 is 16.8 Å². The maximum Gasteiger partial charge on any atom is 0.261 e. The van der Waals surface area contributed by atoms with Gasteiger partial charge in [0.25, 0.3) is 5.56 Å². The van der Waals surface area contributed by atoms with Gasteiger partial charge in [-0.3, -0.25) is 14.2 Å². The number of nitrogens with one attached hydrogen (secondary N) is 1. The van der Waals surface area contributed by atoms with Crippen LogP contribution in [0, 0.1) is 6.92 Å². The van der Waals surface area contributed by atoms with Gasteiger partial charge in [-0.15, -0.1) is 0 Å². The predicted molar refractivity (Wildman–Crippen MR) is 83.3 cm³/mol. The Bertz CT molecular complexity index is 702. The largest absolute Gasteiger partial charge is 0.352 e. The van der Waals surface area contributed by atoms with Crippen LogP contribution in [-0.2, 0) is 11.3 Å². The molecule has 0 saturated heterocycles. The molecule has 0 spiro atoms. The summed E-state index contributed by atoms with van der Waals surface area (Å²) in [5.41, 5.74) is 1.48. The molecule has 1 amide bonds. The molecule has 0 atom stereocenters. The topological polar surface area (TPSA) is 64.0 Å². The van der Waals surface area contributed by atoms with E-state index in [1.54, 1.807) is 6.07 Å². The van der Waals surface area contributed by atoms with Crippen molar-refractivity contribution in [2.75, 3.05) is 0 Å². The number of aryl methyl sites for hydroxylation is 1. The maximum atomic E-state index is 12.4. The minimum Gasteiger partial charge on any atom is -0.352 e. The van der Waals surface area contributed by atoms with Crippen molar-refractivity contribution in [3.05, 3.63) is 40.4 Å². The van der Waals surface area contributed by atoms with Crippen molar-refractivity contribution in [3.63, 3.8) is 0 Å². The highest BCUT2D eigenvalue weighted by atomic mass is 16.2. The summed E-state index contributed by atoms with van der Waals surface area (Å²) in [5, 5.41) is 3.47. The Morgan fingerprint density at radius 1 is 1.33 bits per heavy atom. The van der Waals surface area contributed by atoms with E-state index < -0.39 is 0 Å². The molecule has 112 valence electrons. The molecule has 0 aliphatic carbocycles. The maximum absolute atomic E-state index is 12.4. The number of benzene rings is 1. The molecule has 0 fully saturated rings. The molecule has 0 radical (unpaired) electrons. The second-order valence-corrected chi connectivity index (χ2v) is 5.28. The summed E-state index contributed by atoms with van der Waals surface area (Å²) >= 11 is 0. The highest BCUT2D eigenvalue weighted by Gasteiger charge is 2.11. The zero-order chi connectivity index (χ0) is 15.4. The molecule has 0 aliphatic heterocycles. The Hall–Kier alpha value is -2.17. The lowest BCUT2D eigenvalue weighted by Crippen LogP contribution is -2.38. The van der Waals surface area contributed by atoms with Crippen molar-refractivity contribution < 1.29 is 4.79 Å². The lowest BCUT2D eigenvalue weighted by Gasteiger charge is -2.15. The first-order chi connectivity index (χ1) is 10.0. The Labute approximate surface area is 124 Å². The number of nitrogens with zero attached hydrogens (tertiary/aromatic N) is 2. The van der Waals surface area contributed by atoms with Crippen LogP contribution in [0.5, 0.6) is 0 Å². The zero-order valence-electron chi connectivity index (χ0n) is 12.7. The van der Waals surface area contributed by atoms with Crippen LogP contribution in [0.25, 0.3) is 10.9 Å². The van der Waals surface area contributed by atoms with Crippen molar-refractivity contribution in [1.82, 2.24) is 14.9 Å². The Balaban J connectivity index is 2.25. The van der Waals surface area contributed by atoms with Crippen LogP contribution in [0.1, 0.15) is 32.3 Å². The van der Waals surface area contributed by atoms with E-state index in [1.165, 1.54) is 10.9 Å². The van der Waals surface area contributed by atoms with Gasteiger partial charge < -0.3 is 5.32 Å². The highest BCUT2D eigenvalue weighted by molar-refractivity contribution is 5.79. The first-order valence-corrected chi connectivity index (χ1v) is 7.30. The van der Waals surface area contributed by atoms with E-state index >= 15 is 0 Å². The second kappa shape index (κ2) is 6.52. The fourth-order valence-electron chi connectivity index (χ4n) is 2.31. The summed E-state index contributed by atoms with van der Waals surface area (Å²) in [4.78, 5) is 28.6. The number of carbonyl (C=O) groups is 1. The molecule has 2 rings (SSSR count). The molecule has 5 nitrogen and oxygen atoms in total. The quantitative estimate of drug-likeness (QED) is 0.915. The van der Waals surface area contributed by atoms with Crippen LogP contribution in [0.15, 0.2) is 29.3 Å². The lowest BCUT2D eigenvalue weighted by atomic mass is 10.1. The second-order valence-electron chi connectivity index (χ2n) is 5.28. The van der Waals surface area contributed by atoms with Gasteiger partial charge in [0.2, 0.25) is 5.91 Å². The standard InChI is InChI=1S/C16H21N3O2/c1-4-12(5-2)18-15(20)9-19-10-17-14-7-6-11(3)8-13(14)16(19)21/h6-8,10,12H,4-5,9H2,1-3H3,(H,18,20). The number of fused-ring (bicyclic) bond motifs is 1. The van der Waals surface area contributed by atoms with Gasteiger partial charge in [-0.05, 0) is 31.9 Å². The average Bonchev–Trinajstić information content (AvgIpc) is 2.48.